The van der Waals surface area contributed by atoms with E-state index in [4.69, 9.17) is 18.0 Å². The molecule has 88 valence electrons. The van der Waals surface area contributed by atoms with Gasteiger partial charge in [-0.1, -0.05) is 25.6 Å². The van der Waals surface area contributed by atoms with Crippen LogP contribution in [-0.4, -0.2) is 10.9 Å². The van der Waals surface area contributed by atoms with Crippen molar-refractivity contribution in [1.29, 1.82) is 0 Å². The van der Waals surface area contributed by atoms with Crippen molar-refractivity contribution in [3.05, 3.63) is 22.4 Å². The highest BCUT2D eigenvalue weighted by Gasteiger charge is 2.19. The van der Waals surface area contributed by atoms with Gasteiger partial charge in [-0.2, -0.15) is 11.3 Å². The Hall–Kier alpha value is -0.940. The number of thiophene rings is 1. The van der Waals surface area contributed by atoms with Crippen molar-refractivity contribution in [3.63, 3.8) is 0 Å². The summed E-state index contributed by atoms with van der Waals surface area (Å²) in [6, 6.07) is 1.99. The first-order valence-corrected chi connectivity index (χ1v) is 6.58. The van der Waals surface area contributed by atoms with Gasteiger partial charge < -0.3 is 11.1 Å². The first-order valence-electron chi connectivity index (χ1n) is 5.23. The third-order valence-electron chi connectivity index (χ3n) is 2.28. The van der Waals surface area contributed by atoms with Crippen LogP contribution in [0.15, 0.2) is 16.8 Å². The molecule has 0 saturated heterocycles. The molecule has 3 nitrogen and oxygen atoms in total. The van der Waals surface area contributed by atoms with Gasteiger partial charge in [0.25, 0.3) is 0 Å². The van der Waals surface area contributed by atoms with Crippen LogP contribution >= 0.6 is 23.6 Å². The molecular weight excluding hydrogens is 240 g/mol. The summed E-state index contributed by atoms with van der Waals surface area (Å²) in [6.07, 6.45) is 1.61. The van der Waals surface area contributed by atoms with Crippen LogP contribution < -0.4 is 11.1 Å². The molecule has 0 aromatic carbocycles. The second kappa shape index (κ2) is 6.60. The normalized spacial score (nSPS) is 12.1. The second-order valence-electron chi connectivity index (χ2n) is 3.59. The van der Waals surface area contributed by atoms with Crippen LogP contribution in [0.5, 0.6) is 0 Å². The van der Waals surface area contributed by atoms with E-state index in [2.05, 4.69) is 5.32 Å². The van der Waals surface area contributed by atoms with Crippen molar-refractivity contribution in [2.45, 2.75) is 26.3 Å². The van der Waals surface area contributed by atoms with Gasteiger partial charge >= 0.3 is 0 Å². The molecule has 0 bridgehead atoms. The molecule has 5 heteroatoms. The zero-order chi connectivity index (χ0) is 12.0. The van der Waals surface area contributed by atoms with Crippen LogP contribution in [0, 0.1) is 5.92 Å². The number of hydrogen-bond acceptors (Lipinski definition) is 3. The lowest BCUT2D eigenvalue weighted by molar-refractivity contribution is -0.123. The fourth-order valence-corrected chi connectivity index (χ4v) is 2.29. The molecule has 1 aromatic heterocycles. The molecule has 1 rings (SSSR count). The third-order valence-corrected chi connectivity index (χ3v) is 3.30. The Bertz CT molecular complexity index is 349. The summed E-state index contributed by atoms with van der Waals surface area (Å²) in [4.78, 5) is 12.1. The lowest BCUT2D eigenvalue weighted by atomic mass is 10.0. The van der Waals surface area contributed by atoms with Gasteiger partial charge in [0, 0.05) is 6.54 Å². The van der Waals surface area contributed by atoms with E-state index < -0.39 is 0 Å². The van der Waals surface area contributed by atoms with E-state index in [1.54, 1.807) is 11.3 Å². The summed E-state index contributed by atoms with van der Waals surface area (Å²) in [5.74, 6) is -0.404. The zero-order valence-corrected chi connectivity index (χ0v) is 10.9. The number of rotatable bonds is 6. The molecule has 0 aliphatic rings. The van der Waals surface area contributed by atoms with Crippen molar-refractivity contribution in [2.75, 3.05) is 0 Å². The molecule has 0 aliphatic heterocycles. The van der Waals surface area contributed by atoms with Crippen molar-refractivity contribution < 1.29 is 4.79 Å². The number of carbonyl (C=O) groups excluding carboxylic acids is 1. The first-order chi connectivity index (χ1) is 7.65. The van der Waals surface area contributed by atoms with Gasteiger partial charge in [0.1, 0.15) is 0 Å². The summed E-state index contributed by atoms with van der Waals surface area (Å²) in [7, 11) is 0. The topological polar surface area (TPSA) is 55.1 Å². The molecule has 0 radical (unpaired) electrons. The maximum atomic E-state index is 11.8. The maximum absolute atomic E-state index is 11.8. The largest absolute Gasteiger partial charge is 0.393 e. The Labute approximate surface area is 105 Å². The molecule has 1 aromatic rings. The molecule has 1 atom stereocenters. The highest BCUT2D eigenvalue weighted by atomic mass is 32.1. The van der Waals surface area contributed by atoms with E-state index in [0.29, 0.717) is 13.0 Å². The smallest absolute Gasteiger partial charge is 0.230 e. The van der Waals surface area contributed by atoms with Gasteiger partial charge in [-0.25, -0.2) is 0 Å². The van der Waals surface area contributed by atoms with E-state index in [1.807, 2.05) is 23.8 Å². The fourth-order valence-electron chi connectivity index (χ4n) is 1.40. The number of amides is 1. The monoisotopic (exact) mass is 256 g/mol. The second-order valence-corrected chi connectivity index (χ2v) is 4.84. The van der Waals surface area contributed by atoms with Crippen LogP contribution in [-0.2, 0) is 11.3 Å². The molecule has 0 aliphatic carbocycles. The Morgan fingerprint density at radius 3 is 2.94 bits per heavy atom. The van der Waals surface area contributed by atoms with Crippen LogP contribution in [0.2, 0.25) is 0 Å². The van der Waals surface area contributed by atoms with E-state index in [0.717, 1.165) is 12.0 Å². The van der Waals surface area contributed by atoms with Gasteiger partial charge in [0.2, 0.25) is 5.91 Å². The van der Waals surface area contributed by atoms with Crippen LogP contribution in [0.4, 0.5) is 0 Å². The van der Waals surface area contributed by atoms with Gasteiger partial charge in [-0.15, -0.1) is 0 Å². The highest BCUT2D eigenvalue weighted by molar-refractivity contribution is 7.80. The number of nitrogens with one attached hydrogen (secondary N) is 1. The molecule has 1 unspecified atom stereocenters. The number of thiocarbonyl (C=S) groups is 1. The molecule has 16 heavy (non-hydrogen) atoms. The number of hydrogen-bond donors (Lipinski definition) is 2. The minimum atomic E-state index is -0.335. The Morgan fingerprint density at radius 2 is 2.44 bits per heavy atom. The van der Waals surface area contributed by atoms with E-state index in [1.165, 1.54) is 0 Å². The highest BCUT2D eigenvalue weighted by Crippen LogP contribution is 2.09. The summed E-state index contributed by atoms with van der Waals surface area (Å²) in [5.41, 5.74) is 6.65. The van der Waals surface area contributed by atoms with Gasteiger partial charge in [0.15, 0.2) is 0 Å². The Morgan fingerprint density at radius 1 is 1.69 bits per heavy atom. The van der Waals surface area contributed by atoms with Gasteiger partial charge in [0.05, 0.1) is 10.9 Å². The SMILES string of the molecule is CCCC(C(=O)NCc1ccsc1)C(N)=S. The minimum Gasteiger partial charge on any atom is -0.393 e. The van der Waals surface area contributed by atoms with E-state index in [-0.39, 0.29) is 16.8 Å². The fraction of sp³-hybridized carbons (Fsp3) is 0.455. The van der Waals surface area contributed by atoms with Crippen molar-refractivity contribution >= 4 is 34.5 Å². The minimum absolute atomic E-state index is 0.0689. The molecule has 1 amide bonds. The Kier molecular flexibility index (Phi) is 5.42. The van der Waals surface area contributed by atoms with Crippen LogP contribution in [0.3, 0.4) is 0 Å². The van der Waals surface area contributed by atoms with E-state index >= 15 is 0 Å². The summed E-state index contributed by atoms with van der Waals surface area (Å²) < 4.78 is 0. The predicted octanol–water partition coefficient (Wildman–Crippen LogP) is 2.07. The molecule has 1 heterocycles. The summed E-state index contributed by atoms with van der Waals surface area (Å²) in [6.45, 7) is 2.56. The molecule has 0 saturated carbocycles. The Balaban J connectivity index is 2.46. The first kappa shape index (κ1) is 13.1. The van der Waals surface area contributed by atoms with Crippen molar-refractivity contribution in [1.82, 2.24) is 5.32 Å². The molecule has 0 fully saturated rings. The molecular formula is C11H16N2OS2. The number of carbonyl (C=O) groups is 1. The van der Waals surface area contributed by atoms with E-state index in [9.17, 15) is 4.79 Å². The average molecular weight is 256 g/mol. The molecule has 0 spiro atoms. The third kappa shape index (κ3) is 3.90. The van der Waals surface area contributed by atoms with Gasteiger partial charge in [-0.05, 0) is 28.8 Å². The molecule has 3 N–H and O–H groups in total. The van der Waals surface area contributed by atoms with Crippen molar-refractivity contribution in [3.8, 4) is 0 Å². The summed E-state index contributed by atoms with van der Waals surface area (Å²) in [5, 5.41) is 6.85. The summed E-state index contributed by atoms with van der Waals surface area (Å²) >= 11 is 6.51. The average Bonchev–Trinajstić information content (AvgIpc) is 2.75. The van der Waals surface area contributed by atoms with Crippen molar-refractivity contribution in [2.24, 2.45) is 11.7 Å². The predicted molar refractivity (Wildman–Crippen MR) is 71.3 cm³/mol. The lowest BCUT2D eigenvalue weighted by Crippen LogP contribution is -2.37. The maximum Gasteiger partial charge on any atom is 0.230 e. The van der Waals surface area contributed by atoms with Gasteiger partial charge in [-0.3, -0.25) is 4.79 Å². The quantitative estimate of drug-likeness (QED) is 0.766. The van der Waals surface area contributed by atoms with Crippen LogP contribution in [0.25, 0.3) is 0 Å². The zero-order valence-electron chi connectivity index (χ0n) is 9.23. The lowest BCUT2D eigenvalue weighted by Gasteiger charge is -2.14. The standard InChI is InChI=1S/C11H16N2OS2/c1-2-3-9(10(12)15)11(14)13-6-8-4-5-16-7-8/h4-5,7,9H,2-3,6H2,1H3,(H2,12,15)(H,13,14). The number of nitrogens with two attached hydrogens (primary N) is 1. The van der Waals surface area contributed by atoms with Crippen LogP contribution in [0.1, 0.15) is 25.3 Å².